The van der Waals surface area contributed by atoms with Crippen molar-refractivity contribution in [2.45, 2.75) is 0 Å². The number of rotatable bonds is 6. The number of halogens is 1. The van der Waals surface area contributed by atoms with Gasteiger partial charge in [0.05, 0.1) is 19.8 Å². The van der Waals surface area contributed by atoms with Crippen molar-refractivity contribution in [3.05, 3.63) is 0 Å². The molecule has 0 amide bonds. The molecule has 0 aliphatic heterocycles. The number of aliphatic hydroxyl groups excluding tert-OH is 3. The number of hydrogen-bond acceptors (Lipinski definition) is 3. The lowest BCUT2D eigenvalue weighted by atomic mass is 10.8. The van der Waals surface area contributed by atoms with Gasteiger partial charge in [0.25, 0.3) is 0 Å². The summed E-state index contributed by atoms with van der Waals surface area (Å²) >= 11 is 0. The Labute approximate surface area is 76.2 Å². The van der Waals surface area contributed by atoms with Gasteiger partial charge in [-0.05, 0) is 10.9 Å². The smallest absolute Gasteiger partial charge is 0.131 e. The van der Waals surface area contributed by atoms with Crippen LogP contribution in [0, 0.1) is 0 Å². The van der Waals surface area contributed by atoms with Crippen LogP contribution in [0.1, 0.15) is 0 Å². The molecule has 0 saturated heterocycles. The average molecular weight is 204 g/mol. The van der Waals surface area contributed by atoms with Crippen LogP contribution >= 0.6 is 12.4 Å². The normalized spacial score (nSPS) is 9.82. The Bertz CT molecular complexity index is 60.6. The van der Waals surface area contributed by atoms with Crippen LogP contribution in [0.5, 0.6) is 0 Å². The van der Waals surface area contributed by atoms with Gasteiger partial charge in [0, 0.05) is 0 Å². The zero-order chi connectivity index (χ0) is 7.82. The first-order valence-electron chi connectivity index (χ1n) is 3.31. The van der Waals surface area contributed by atoms with Gasteiger partial charge in [-0.15, -0.1) is 12.4 Å². The first-order valence-corrected chi connectivity index (χ1v) is 5.05. The molecule has 0 spiro atoms. The highest BCUT2D eigenvalue weighted by atomic mass is 35.5. The van der Waals surface area contributed by atoms with Crippen molar-refractivity contribution < 1.29 is 15.3 Å². The molecule has 0 atom stereocenters. The molecule has 11 heavy (non-hydrogen) atoms. The Morgan fingerprint density at radius 3 is 1.18 bits per heavy atom. The summed E-state index contributed by atoms with van der Waals surface area (Å²) in [5, 5.41) is 25.6. The quantitative estimate of drug-likeness (QED) is 0.486. The second kappa shape index (κ2) is 10.5. The molecule has 5 heteroatoms. The second-order valence-electron chi connectivity index (χ2n) is 1.90. The van der Waals surface area contributed by atoms with Gasteiger partial charge in [-0.3, -0.25) is 0 Å². The summed E-state index contributed by atoms with van der Waals surface area (Å²) < 4.78 is 0. The van der Waals surface area contributed by atoms with Crippen LogP contribution < -0.4 is 0 Å². The highest BCUT2D eigenvalue weighted by molar-refractivity contribution is 7.96. The second-order valence-corrected chi connectivity index (χ2v) is 4.35. The highest BCUT2D eigenvalue weighted by Crippen LogP contribution is 1.94. The predicted octanol–water partition coefficient (Wildman–Crippen LogP) is -0.997. The van der Waals surface area contributed by atoms with Crippen LogP contribution in [-0.2, 0) is 10.9 Å². The van der Waals surface area contributed by atoms with E-state index in [2.05, 4.69) is 0 Å². The van der Waals surface area contributed by atoms with E-state index >= 15 is 0 Å². The Balaban J connectivity index is 0. The van der Waals surface area contributed by atoms with E-state index in [1.165, 1.54) is 0 Å². The Morgan fingerprint density at radius 1 is 0.727 bits per heavy atom. The van der Waals surface area contributed by atoms with Crippen molar-refractivity contribution >= 4 is 23.3 Å². The van der Waals surface area contributed by atoms with E-state index in [0.29, 0.717) is 17.3 Å². The van der Waals surface area contributed by atoms with Crippen LogP contribution in [0.15, 0.2) is 0 Å². The Hall–Kier alpha value is 0.520. The lowest BCUT2D eigenvalue weighted by molar-refractivity contribution is 0.311. The molecule has 0 aliphatic carbocycles. The lowest BCUT2D eigenvalue weighted by Crippen LogP contribution is -2.22. The van der Waals surface area contributed by atoms with E-state index in [0.717, 1.165) is 0 Å². The molecule has 0 saturated carbocycles. The van der Waals surface area contributed by atoms with Crippen LogP contribution in [0.2, 0.25) is 0 Å². The van der Waals surface area contributed by atoms with Gasteiger partial charge in [0.2, 0.25) is 0 Å². The largest absolute Gasteiger partial charge is 0.391 e. The fourth-order valence-electron chi connectivity index (χ4n) is 0.693. The van der Waals surface area contributed by atoms with Crippen molar-refractivity contribution in [2.75, 3.05) is 37.1 Å². The van der Waals surface area contributed by atoms with Gasteiger partial charge in [-0.25, -0.2) is 0 Å². The van der Waals surface area contributed by atoms with Crippen molar-refractivity contribution in [3.8, 4) is 0 Å². The Morgan fingerprint density at radius 2 is 1.00 bits per heavy atom. The van der Waals surface area contributed by atoms with Crippen LogP contribution in [0.4, 0.5) is 0 Å². The van der Waals surface area contributed by atoms with Crippen LogP contribution in [0.25, 0.3) is 0 Å². The Kier molecular flexibility index (Phi) is 13.5. The van der Waals surface area contributed by atoms with E-state index in [1.54, 1.807) is 0 Å². The maximum atomic E-state index is 8.53. The van der Waals surface area contributed by atoms with E-state index in [9.17, 15) is 0 Å². The first kappa shape index (κ1) is 14.1. The molecule has 0 aromatic carbocycles. The third-order valence-electron chi connectivity index (χ3n) is 1.14. The molecule has 0 fully saturated rings. The number of hydrogen-bond donors (Lipinski definition) is 3. The third kappa shape index (κ3) is 8.43. The fraction of sp³-hybridized carbons (Fsp3) is 1.00. The lowest BCUT2D eigenvalue weighted by Gasteiger charge is -2.02. The summed E-state index contributed by atoms with van der Waals surface area (Å²) in [6.45, 7) is 0.468. The fourth-order valence-corrected chi connectivity index (χ4v) is 2.08. The summed E-state index contributed by atoms with van der Waals surface area (Å²) in [7, 11) is 0.0255. The van der Waals surface area contributed by atoms with Gasteiger partial charge < -0.3 is 15.3 Å². The summed E-state index contributed by atoms with van der Waals surface area (Å²) in [6.07, 6.45) is 0. The standard InChI is InChI=1S/C6H15O3S.ClH/c7-1-4-10(5-2-8)6-3-9;/h7-9H,1-6H2;1H/q+1;. The molecule has 0 radical (unpaired) electrons. The molecule has 0 bridgehead atoms. The predicted molar refractivity (Wildman–Crippen MR) is 50.5 cm³/mol. The first-order chi connectivity index (χ1) is 4.85. The van der Waals surface area contributed by atoms with Crippen LogP contribution in [-0.4, -0.2) is 52.4 Å². The molecule has 3 N–H and O–H groups in total. The highest BCUT2D eigenvalue weighted by Gasteiger charge is 2.14. The monoisotopic (exact) mass is 203 g/mol. The summed E-state index contributed by atoms with van der Waals surface area (Å²) in [6, 6.07) is 0. The van der Waals surface area contributed by atoms with Gasteiger partial charge in [-0.1, -0.05) is 0 Å². The molecule has 0 heterocycles. The summed E-state index contributed by atoms with van der Waals surface area (Å²) in [4.78, 5) is 0. The van der Waals surface area contributed by atoms with Gasteiger partial charge in [0.1, 0.15) is 17.3 Å². The van der Waals surface area contributed by atoms with E-state index in [4.69, 9.17) is 15.3 Å². The molecular formula is C6H16ClO3S+. The van der Waals surface area contributed by atoms with E-state index in [1.807, 2.05) is 0 Å². The van der Waals surface area contributed by atoms with Crippen molar-refractivity contribution in [1.29, 1.82) is 0 Å². The zero-order valence-corrected chi connectivity index (χ0v) is 8.03. The minimum atomic E-state index is 0. The molecule has 0 aliphatic rings. The van der Waals surface area contributed by atoms with Gasteiger partial charge in [0.15, 0.2) is 0 Å². The molecule has 0 aromatic rings. The molecular weight excluding hydrogens is 188 g/mol. The van der Waals surface area contributed by atoms with Gasteiger partial charge in [-0.2, -0.15) is 0 Å². The molecule has 0 rings (SSSR count). The SMILES string of the molecule is Cl.OCC[S+](CCO)CCO. The van der Waals surface area contributed by atoms with Crippen molar-refractivity contribution in [3.63, 3.8) is 0 Å². The van der Waals surface area contributed by atoms with Crippen LogP contribution in [0.3, 0.4) is 0 Å². The molecule has 0 unspecified atom stereocenters. The minimum Gasteiger partial charge on any atom is -0.391 e. The van der Waals surface area contributed by atoms with E-state index in [-0.39, 0.29) is 43.1 Å². The molecule has 70 valence electrons. The van der Waals surface area contributed by atoms with Gasteiger partial charge >= 0.3 is 0 Å². The average Bonchev–Trinajstić information content (AvgIpc) is 1.90. The molecule has 0 aromatic heterocycles. The summed E-state index contributed by atoms with van der Waals surface area (Å²) in [5.74, 6) is 2.13. The topological polar surface area (TPSA) is 60.7 Å². The third-order valence-corrected chi connectivity index (χ3v) is 3.42. The van der Waals surface area contributed by atoms with E-state index < -0.39 is 0 Å². The van der Waals surface area contributed by atoms with Crippen molar-refractivity contribution in [2.24, 2.45) is 0 Å². The number of aliphatic hydroxyl groups is 3. The van der Waals surface area contributed by atoms with Crippen molar-refractivity contribution in [1.82, 2.24) is 0 Å². The maximum absolute atomic E-state index is 8.53. The zero-order valence-electron chi connectivity index (χ0n) is 6.40. The molecule has 3 nitrogen and oxygen atoms in total. The summed E-state index contributed by atoms with van der Waals surface area (Å²) in [5.41, 5.74) is 0. The minimum absolute atomic E-state index is 0. The maximum Gasteiger partial charge on any atom is 0.131 e.